The zero-order valence-corrected chi connectivity index (χ0v) is 13.5. The Morgan fingerprint density at radius 2 is 1.91 bits per heavy atom. The number of fused-ring (bicyclic) bond motifs is 1. The summed E-state index contributed by atoms with van der Waals surface area (Å²) in [6.07, 6.45) is 0.789. The molecule has 0 spiro atoms. The summed E-state index contributed by atoms with van der Waals surface area (Å²) in [5, 5.41) is 8.79. The molecule has 2 aromatic carbocycles. The van der Waals surface area contributed by atoms with Crippen LogP contribution in [0.4, 0.5) is 10.2 Å². The second-order valence-corrected chi connectivity index (χ2v) is 6.10. The van der Waals surface area contributed by atoms with Crippen LogP contribution in [0.3, 0.4) is 0 Å². The summed E-state index contributed by atoms with van der Waals surface area (Å²) in [5.74, 6) is 0.552. The van der Waals surface area contributed by atoms with Gasteiger partial charge in [-0.2, -0.15) is 5.10 Å². The molecule has 23 heavy (non-hydrogen) atoms. The normalized spacial score (nSPS) is 13.0. The molecule has 1 aromatic heterocycles. The van der Waals surface area contributed by atoms with E-state index in [1.54, 1.807) is 28.9 Å². The second kappa shape index (κ2) is 5.55. The topological polar surface area (TPSA) is 29.9 Å². The molecule has 4 rings (SSSR count). The molecule has 0 aliphatic carbocycles. The molecule has 0 amide bonds. The van der Waals surface area contributed by atoms with Crippen molar-refractivity contribution in [2.24, 2.45) is 0 Å². The summed E-state index contributed by atoms with van der Waals surface area (Å²) in [6, 6.07) is 12.0. The average molecular weight is 348 g/mol. The van der Waals surface area contributed by atoms with Crippen molar-refractivity contribution in [3.63, 3.8) is 0 Å². The number of halogens is 3. The third-order valence-electron chi connectivity index (χ3n) is 3.94. The van der Waals surface area contributed by atoms with Crippen molar-refractivity contribution < 1.29 is 4.39 Å². The summed E-state index contributed by atoms with van der Waals surface area (Å²) in [6.45, 7) is 0.785. The van der Waals surface area contributed by atoms with Crippen LogP contribution in [-0.2, 0) is 6.42 Å². The Morgan fingerprint density at radius 1 is 1.09 bits per heavy atom. The van der Waals surface area contributed by atoms with Gasteiger partial charge in [0.25, 0.3) is 0 Å². The highest BCUT2D eigenvalue weighted by atomic mass is 35.5. The molecule has 2 heterocycles. The van der Waals surface area contributed by atoms with E-state index in [4.69, 9.17) is 23.2 Å². The van der Waals surface area contributed by atoms with E-state index in [1.165, 1.54) is 6.07 Å². The number of aromatic nitrogens is 2. The lowest BCUT2D eigenvalue weighted by molar-refractivity contribution is 0.630. The predicted molar refractivity (Wildman–Crippen MR) is 91.2 cm³/mol. The summed E-state index contributed by atoms with van der Waals surface area (Å²) in [4.78, 5) is 0. The molecule has 3 nitrogen and oxygen atoms in total. The van der Waals surface area contributed by atoms with Gasteiger partial charge in [-0.05, 0) is 30.7 Å². The summed E-state index contributed by atoms with van der Waals surface area (Å²) in [5.41, 5.74) is 2.79. The van der Waals surface area contributed by atoms with E-state index >= 15 is 0 Å². The van der Waals surface area contributed by atoms with Gasteiger partial charge in [-0.1, -0.05) is 41.4 Å². The van der Waals surface area contributed by atoms with Crippen LogP contribution in [0.2, 0.25) is 10.0 Å². The number of rotatable bonds is 2. The fraction of sp³-hybridized carbons (Fsp3) is 0.118. The lowest BCUT2D eigenvalue weighted by atomic mass is 10.1. The van der Waals surface area contributed by atoms with Crippen LogP contribution in [0.1, 0.15) is 5.56 Å². The van der Waals surface area contributed by atoms with Gasteiger partial charge in [0.15, 0.2) is 0 Å². The molecule has 0 saturated carbocycles. The SMILES string of the molecule is Fc1ccccc1-c1nn(-c2cccc(Cl)c2Cl)c2c1CCN2. The molecule has 1 aliphatic heterocycles. The number of hydrogen-bond donors (Lipinski definition) is 1. The lowest BCUT2D eigenvalue weighted by Gasteiger charge is -2.09. The molecule has 116 valence electrons. The number of nitrogens with zero attached hydrogens (tertiary/aromatic N) is 2. The Balaban J connectivity index is 1.96. The van der Waals surface area contributed by atoms with Crippen LogP contribution in [0.15, 0.2) is 42.5 Å². The predicted octanol–water partition coefficient (Wildman–Crippen LogP) is 4.95. The van der Waals surface area contributed by atoms with Gasteiger partial charge in [0.1, 0.15) is 17.3 Å². The van der Waals surface area contributed by atoms with Crippen LogP contribution in [-0.4, -0.2) is 16.3 Å². The smallest absolute Gasteiger partial charge is 0.133 e. The monoisotopic (exact) mass is 347 g/mol. The maximum absolute atomic E-state index is 14.2. The standard InChI is InChI=1S/C17H12Cl2FN3/c18-12-5-3-7-14(15(12)19)23-17-11(8-9-21-17)16(22-23)10-4-1-2-6-13(10)20/h1-7,21H,8-9H2. The van der Waals surface area contributed by atoms with E-state index in [-0.39, 0.29) is 5.82 Å². The molecule has 1 aliphatic rings. The first-order valence-corrected chi connectivity index (χ1v) is 7.97. The highest BCUT2D eigenvalue weighted by Crippen LogP contribution is 2.38. The average Bonchev–Trinajstić information content (AvgIpc) is 3.13. The minimum absolute atomic E-state index is 0.288. The number of nitrogens with one attached hydrogen (secondary N) is 1. The Bertz CT molecular complexity index is 905. The van der Waals surface area contributed by atoms with Crippen molar-refractivity contribution >= 4 is 29.0 Å². The van der Waals surface area contributed by atoms with Crippen LogP contribution in [0, 0.1) is 5.82 Å². The van der Waals surface area contributed by atoms with Gasteiger partial charge < -0.3 is 5.32 Å². The minimum Gasteiger partial charge on any atom is -0.369 e. The maximum atomic E-state index is 14.2. The van der Waals surface area contributed by atoms with Gasteiger partial charge >= 0.3 is 0 Å². The molecule has 0 unspecified atom stereocenters. The summed E-state index contributed by atoms with van der Waals surface area (Å²) in [7, 11) is 0. The van der Waals surface area contributed by atoms with Crippen LogP contribution in [0.5, 0.6) is 0 Å². The first-order valence-electron chi connectivity index (χ1n) is 7.22. The lowest BCUT2D eigenvalue weighted by Crippen LogP contribution is -2.05. The fourth-order valence-corrected chi connectivity index (χ4v) is 3.25. The zero-order chi connectivity index (χ0) is 16.0. The van der Waals surface area contributed by atoms with E-state index < -0.39 is 0 Å². The molecule has 0 fully saturated rings. The molecule has 1 N–H and O–H groups in total. The first-order chi connectivity index (χ1) is 11.2. The minimum atomic E-state index is -0.288. The van der Waals surface area contributed by atoms with Crippen LogP contribution >= 0.6 is 23.2 Å². The van der Waals surface area contributed by atoms with Crippen molar-refractivity contribution in [3.8, 4) is 16.9 Å². The van der Waals surface area contributed by atoms with Gasteiger partial charge in [-0.15, -0.1) is 0 Å². The zero-order valence-electron chi connectivity index (χ0n) is 12.0. The van der Waals surface area contributed by atoms with Gasteiger partial charge in [-0.3, -0.25) is 0 Å². The maximum Gasteiger partial charge on any atom is 0.133 e. The third kappa shape index (κ3) is 2.30. The second-order valence-electron chi connectivity index (χ2n) is 5.32. The number of anilines is 1. The van der Waals surface area contributed by atoms with Crippen molar-refractivity contribution in [2.75, 3.05) is 11.9 Å². The van der Waals surface area contributed by atoms with Crippen molar-refractivity contribution in [2.45, 2.75) is 6.42 Å². The Kier molecular flexibility index (Phi) is 3.51. The molecule has 0 saturated heterocycles. The van der Waals surface area contributed by atoms with E-state index in [1.807, 2.05) is 12.1 Å². The number of benzene rings is 2. The Morgan fingerprint density at radius 3 is 2.74 bits per heavy atom. The van der Waals surface area contributed by atoms with E-state index in [2.05, 4.69) is 10.4 Å². The molecular weight excluding hydrogens is 336 g/mol. The summed E-state index contributed by atoms with van der Waals surface area (Å²) < 4.78 is 15.9. The van der Waals surface area contributed by atoms with Crippen molar-refractivity contribution in [3.05, 3.63) is 63.9 Å². The molecule has 6 heteroatoms. The van der Waals surface area contributed by atoms with Gasteiger partial charge in [0, 0.05) is 17.7 Å². The summed E-state index contributed by atoms with van der Waals surface area (Å²) >= 11 is 12.4. The number of hydrogen-bond acceptors (Lipinski definition) is 2. The van der Waals surface area contributed by atoms with E-state index in [0.29, 0.717) is 27.0 Å². The fourth-order valence-electron chi connectivity index (χ4n) is 2.87. The van der Waals surface area contributed by atoms with Crippen molar-refractivity contribution in [1.82, 2.24) is 9.78 Å². The van der Waals surface area contributed by atoms with E-state index in [9.17, 15) is 4.39 Å². The quantitative estimate of drug-likeness (QED) is 0.710. The molecule has 0 bridgehead atoms. The van der Waals surface area contributed by atoms with E-state index in [0.717, 1.165) is 24.3 Å². The molecule has 0 atom stereocenters. The van der Waals surface area contributed by atoms with Gasteiger partial charge in [-0.25, -0.2) is 9.07 Å². The highest BCUT2D eigenvalue weighted by molar-refractivity contribution is 6.43. The first kappa shape index (κ1) is 14.5. The Hall–Kier alpha value is -2.04. The Labute approximate surface area is 142 Å². The van der Waals surface area contributed by atoms with Crippen LogP contribution < -0.4 is 5.32 Å². The molecule has 3 aromatic rings. The molecule has 0 radical (unpaired) electrons. The van der Waals surface area contributed by atoms with Gasteiger partial charge in [0.2, 0.25) is 0 Å². The largest absolute Gasteiger partial charge is 0.369 e. The third-order valence-corrected chi connectivity index (χ3v) is 4.75. The van der Waals surface area contributed by atoms with Crippen LogP contribution in [0.25, 0.3) is 16.9 Å². The highest BCUT2D eigenvalue weighted by Gasteiger charge is 2.26. The van der Waals surface area contributed by atoms with Crippen molar-refractivity contribution in [1.29, 1.82) is 0 Å². The molecular formula is C17H12Cl2FN3. The van der Waals surface area contributed by atoms with Gasteiger partial charge in [0.05, 0.1) is 15.7 Å².